The van der Waals surface area contributed by atoms with Gasteiger partial charge in [-0.1, -0.05) is 12.1 Å². The molecule has 1 aliphatic heterocycles. The van der Waals surface area contributed by atoms with E-state index in [1.807, 2.05) is 6.92 Å². The van der Waals surface area contributed by atoms with Gasteiger partial charge in [-0.3, -0.25) is 9.48 Å². The highest BCUT2D eigenvalue weighted by molar-refractivity contribution is 7.87. The number of aryl methyl sites for hydroxylation is 1. The van der Waals surface area contributed by atoms with E-state index in [9.17, 15) is 18.3 Å². The Balaban J connectivity index is 1.85. The van der Waals surface area contributed by atoms with Gasteiger partial charge in [-0.15, -0.1) is 0 Å². The molecule has 0 spiro atoms. The maximum absolute atomic E-state index is 12.9. The largest absolute Gasteiger partial charge is 0.389 e. The molecule has 2 heterocycles. The highest BCUT2D eigenvalue weighted by Crippen LogP contribution is 2.30. The van der Waals surface area contributed by atoms with E-state index in [-0.39, 0.29) is 6.42 Å². The van der Waals surface area contributed by atoms with Gasteiger partial charge in [0.2, 0.25) is 5.91 Å². The zero-order valence-corrected chi connectivity index (χ0v) is 17.1. The van der Waals surface area contributed by atoms with Crippen LogP contribution < -0.4 is 10.0 Å². The summed E-state index contributed by atoms with van der Waals surface area (Å²) in [4.78, 5) is 12.9. The molecule has 0 saturated carbocycles. The minimum Gasteiger partial charge on any atom is -0.389 e. The Bertz CT molecular complexity index is 986. The van der Waals surface area contributed by atoms with Crippen molar-refractivity contribution >= 4 is 21.8 Å². The third-order valence-corrected chi connectivity index (χ3v) is 6.75. The summed E-state index contributed by atoms with van der Waals surface area (Å²) in [6.07, 6.45) is 1.22. The normalized spacial score (nSPS) is 23.3. The van der Waals surface area contributed by atoms with Crippen molar-refractivity contribution in [2.24, 2.45) is 7.05 Å². The number of nitrogens with zero attached hydrogens (tertiary/aromatic N) is 3. The molecule has 1 amide bonds. The van der Waals surface area contributed by atoms with Crippen molar-refractivity contribution in [3.8, 4) is 0 Å². The minimum absolute atomic E-state index is 0.268. The molecule has 1 aromatic heterocycles. The van der Waals surface area contributed by atoms with Crippen LogP contribution in [0, 0.1) is 6.92 Å². The lowest BCUT2D eigenvalue weighted by Crippen LogP contribution is -2.56. The Labute approximate surface area is 164 Å². The predicted molar refractivity (Wildman–Crippen MR) is 105 cm³/mol. The van der Waals surface area contributed by atoms with Gasteiger partial charge in [-0.05, 0) is 38.0 Å². The number of carbonyl (C=O) groups excluding carboxylic acids is 1. The van der Waals surface area contributed by atoms with Crippen molar-refractivity contribution in [2.45, 2.75) is 38.5 Å². The average Bonchev–Trinajstić information content (AvgIpc) is 2.96. The maximum Gasteiger partial charge on any atom is 0.280 e. The second-order valence-corrected chi connectivity index (χ2v) is 8.80. The Hall–Kier alpha value is -2.27. The first-order chi connectivity index (χ1) is 13.1. The Morgan fingerprint density at radius 1 is 1.39 bits per heavy atom. The molecule has 28 heavy (non-hydrogen) atoms. The number of rotatable bonds is 4. The number of aliphatic hydroxyl groups is 1. The first kappa shape index (κ1) is 20.5. The lowest BCUT2D eigenvalue weighted by atomic mass is 10.00. The van der Waals surface area contributed by atoms with Gasteiger partial charge in [0.1, 0.15) is 6.04 Å². The number of likely N-dealkylation sites (N-methyl/N-ethyl adjacent to an activating group) is 1. The lowest BCUT2D eigenvalue weighted by molar-refractivity contribution is -0.120. The molecule has 9 nitrogen and oxygen atoms in total. The predicted octanol–water partition coefficient (Wildman–Crippen LogP) is 1.00. The van der Waals surface area contributed by atoms with E-state index in [1.54, 1.807) is 49.1 Å². The summed E-state index contributed by atoms with van der Waals surface area (Å²) in [5.74, 6) is -0.429. The van der Waals surface area contributed by atoms with Crippen molar-refractivity contribution in [2.75, 3.05) is 12.4 Å². The van der Waals surface area contributed by atoms with Gasteiger partial charge in [0.15, 0.2) is 0 Å². The highest BCUT2D eigenvalue weighted by Gasteiger charge is 2.41. The summed E-state index contributed by atoms with van der Waals surface area (Å²) >= 11 is 0. The van der Waals surface area contributed by atoms with Crippen molar-refractivity contribution in [3.05, 3.63) is 47.3 Å². The number of aliphatic hydroxyl groups excluding tert-OH is 1. The van der Waals surface area contributed by atoms with Gasteiger partial charge in [-0.25, -0.2) is 0 Å². The zero-order valence-electron chi connectivity index (χ0n) is 16.2. The molecule has 152 valence electrons. The molecule has 0 radical (unpaired) electrons. The van der Waals surface area contributed by atoms with Gasteiger partial charge in [0.25, 0.3) is 10.2 Å². The van der Waals surface area contributed by atoms with E-state index < -0.39 is 34.3 Å². The van der Waals surface area contributed by atoms with Crippen LogP contribution in [0.25, 0.3) is 0 Å². The lowest BCUT2D eigenvalue weighted by Gasteiger charge is -2.36. The molecule has 0 aliphatic carbocycles. The molecular formula is C18H25N5O4S. The molecule has 1 fully saturated rings. The van der Waals surface area contributed by atoms with Crippen LogP contribution in [0.2, 0.25) is 0 Å². The van der Waals surface area contributed by atoms with E-state index in [4.69, 9.17) is 0 Å². The minimum atomic E-state index is -3.83. The molecule has 3 rings (SSSR count). The van der Waals surface area contributed by atoms with Crippen LogP contribution in [-0.4, -0.2) is 46.6 Å². The Morgan fingerprint density at radius 3 is 2.71 bits per heavy atom. The molecule has 1 aromatic carbocycles. The van der Waals surface area contributed by atoms with Gasteiger partial charge in [0, 0.05) is 31.0 Å². The highest BCUT2D eigenvalue weighted by atomic mass is 32.2. The third kappa shape index (κ3) is 3.95. The second-order valence-electron chi connectivity index (χ2n) is 7.04. The molecule has 1 aliphatic rings. The topological polar surface area (TPSA) is 117 Å². The number of amides is 1. The molecule has 0 unspecified atom stereocenters. The summed E-state index contributed by atoms with van der Waals surface area (Å²) in [7, 11) is -0.669. The SMILES string of the molecule is Cc1c([C@@H]2C[C@H](C(=O)Nc3cccc([C@H](C)O)c3)N(C)S(=O)(=O)N2)cnn1C. The molecule has 10 heteroatoms. The zero-order chi connectivity index (χ0) is 20.6. The summed E-state index contributed by atoms with van der Waals surface area (Å²) in [5.41, 5.74) is 2.74. The summed E-state index contributed by atoms with van der Waals surface area (Å²) < 4.78 is 30.5. The number of aromatic nitrogens is 2. The first-order valence-corrected chi connectivity index (χ1v) is 10.4. The van der Waals surface area contributed by atoms with E-state index in [2.05, 4.69) is 15.1 Å². The van der Waals surface area contributed by atoms with Crippen molar-refractivity contribution in [3.63, 3.8) is 0 Å². The van der Waals surface area contributed by atoms with E-state index in [0.717, 1.165) is 15.6 Å². The van der Waals surface area contributed by atoms with Gasteiger partial charge in [-0.2, -0.15) is 22.5 Å². The average molecular weight is 407 g/mol. The van der Waals surface area contributed by atoms with Crippen molar-refractivity contribution < 1.29 is 18.3 Å². The van der Waals surface area contributed by atoms with Crippen LogP contribution in [0.4, 0.5) is 5.69 Å². The molecule has 3 atom stereocenters. The summed E-state index contributed by atoms with van der Waals surface area (Å²) in [6.45, 7) is 3.49. The number of nitrogens with one attached hydrogen (secondary N) is 2. The fourth-order valence-corrected chi connectivity index (χ4v) is 4.54. The molecule has 1 saturated heterocycles. The summed E-state index contributed by atoms with van der Waals surface area (Å²) in [6, 6.07) is 5.41. The van der Waals surface area contributed by atoms with Crippen LogP contribution in [0.1, 0.15) is 42.3 Å². The van der Waals surface area contributed by atoms with Crippen LogP contribution >= 0.6 is 0 Å². The van der Waals surface area contributed by atoms with Crippen LogP contribution in [0.5, 0.6) is 0 Å². The second kappa shape index (κ2) is 7.63. The number of carbonyl (C=O) groups is 1. The van der Waals surface area contributed by atoms with E-state index >= 15 is 0 Å². The van der Waals surface area contributed by atoms with E-state index in [1.165, 1.54) is 7.05 Å². The Kier molecular flexibility index (Phi) is 5.57. The van der Waals surface area contributed by atoms with E-state index in [0.29, 0.717) is 11.3 Å². The maximum atomic E-state index is 12.9. The molecule has 3 N–H and O–H groups in total. The number of hydrogen-bond acceptors (Lipinski definition) is 5. The smallest absolute Gasteiger partial charge is 0.280 e. The van der Waals surface area contributed by atoms with Gasteiger partial charge >= 0.3 is 0 Å². The van der Waals surface area contributed by atoms with Crippen LogP contribution in [0.3, 0.4) is 0 Å². The fraction of sp³-hybridized carbons (Fsp3) is 0.444. The number of benzene rings is 1. The van der Waals surface area contributed by atoms with Crippen molar-refractivity contribution in [1.29, 1.82) is 0 Å². The van der Waals surface area contributed by atoms with Crippen LogP contribution in [0.15, 0.2) is 30.5 Å². The fourth-order valence-electron chi connectivity index (χ4n) is 3.27. The van der Waals surface area contributed by atoms with Gasteiger partial charge < -0.3 is 10.4 Å². The quantitative estimate of drug-likeness (QED) is 0.699. The number of anilines is 1. The first-order valence-electron chi connectivity index (χ1n) is 8.93. The number of hydrogen-bond donors (Lipinski definition) is 3. The monoisotopic (exact) mass is 407 g/mol. The molecule has 0 bridgehead atoms. The molecule has 2 aromatic rings. The standard InChI is InChI=1S/C18H25N5O4S/c1-11-15(10-19-22(11)3)16-9-17(23(4)28(26,27)21-16)18(25)20-14-7-5-6-13(8-14)12(2)24/h5-8,10,12,16-17,21,24H,9H2,1-4H3,(H,20,25)/t12-,16-,17+/m0/s1. The van der Waals surface area contributed by atoms with Gasteiger partial charge in [0.05, 0.1) is 18.3 Å². The van der Waals surface area contributed by atoms with Crippen molar-refractivity contribution in [1.82, 2.24) is 18.8 Å². The third-order valence-electron chi connectivity index (χ3n) is 5.16. The molecular weight excluding hydrogens is 382 g/mol. The summed E-state index contributed by atoms with van der Waals surface area (Å²) in [5, 5.41) is 16.6. The Morgan fingerprint density at radius 2 is 2.11 bits per heavy atom. The van der Waals surface area contributed by atoms with Crippen LogP contribution in [-0.2, 0) is 22.1 Å².